The molecule has 0 spiro atoms. The third kappa shape index (κ3) is 7.15. The van der Waals surface area contributed by atoms with E-state index < -0.39 is 5.97 Å². The zero-order chi connectivity index (χ0) is 25.2. The molecule has 2 amide bonds. The summed E-state index contributed by atoms with van der Waals surface area (Å²) in [6.07, 6.45) is 4.33. The number of hydrogen-bond acceptors (Lipinski definition) is 5. The molecule has 0 radical (unpaired) electrons. The fraction of sp³-hybridized carbons (Fsp3) is 0.222. The van der Waals surface area contributed by atoms with Crippen molar-refractivity contribution >= 4 is 23.8 Å². The van der Waals surface area contributed by atoms with Gasteiger partial charge in [-0.1, -0.05) is 36.4 Å². The van der Waals surface area contributed by atoms with Gasteiger partial charge < -0.3 is 19.5 Å². The lowest BCUT2D eigenvalue weighted by Gasteiger charge is -2.28. The Bertz CT molecular complexity index is 1160. The molecule has 3 aromatic rings. The number of ether oxygens (including phenoxy) is 2. The van der Waals surface area contributed by atoms with Crippen LogP contribution in [0.25, 0.3) is 17.2 Å². The molecule has 0 bridgehead atoms. The number of amides is 2. The van der Waals surface area contributed by atoms with E-state index in [1.165, 1.54) is 6.08 Å². The predicted molar refractivity (Wildman–Crippen MR) is 135 cm³/mol. The van der Waals surface area contributed by atoms with Crippen molar-refractivity contribution in [2.45, 2.75) is 6.54 Å². The van der Waals surface area contributed by atoms with Gasteiger partial charge in [0, 0.05) is 50.3 Å². The number of pyridine rings is 1. The van der Waals surface area contributed by atoms with Crippen LogP contribution < -0.4 is 9.64 Å². The van der Waals surface area contributed by atoms with Gasteiger partial charge in [-0.3, -0.25) is 4.90 Å². The molecule has 3 rings (SSSR count). The number of likely N-dealkylation sites (N-methyl/N-ethyl adjacent to an activating group) is 1. The van der Waals surface area contributed by atoms with Gasteiger partial charge in [-0.25, -0.2) is 14.6 Å². The average Bonchev–Trinajstić information content (AvgIpc) is 2.89. The van der Waals surface area contributed by atoms with Gasteiger partial charge in [0.05, 0.1) is 20.3 Å². The number of carboxylic acid groups (broad SMARTS) is 1. The van der Waals surface area contributed by atoms with Crippen LogP contribution >= 0.6 is 0 Å². The molecule has 0 saturated carbocycles. The summed E-state index contributed by atoms with van der Waals surface area (Å²) < 4.78 is 10.2. The predicted octanol–water partition coefficient (Wildman–Crippen LogP) is 4.56. The first-order valence-corrected chi connectivity index (χ1v) is 11.0. The Labute approximate surface area is 205 Å². The Morgan fingerprint density at radius 2 is 1.77 bits per heavy atom. The van der Waals surface area contributed by atoms with Gasteiger partial charge in [0.1, 0.15) is 0 Å². The first kappa shape index (κ1) is 25.5. The minimum absolute atomic E-state index is 0.190. The third-order valence-corrected chi connectivity index (χ3v) is 5.36. The van der Waals surface area contributed by atoms with E-state index in [1.54, 1.807) is 55.5 Å². The van der Waals surface area contributed by atoms with Gasteiger partial charge in [0.25, 0.3) is 0 Å². The summed E-state index contributed by atoms with van der Waals surface area (Å²) in [5, 5.41) is 8.94. The first-order valence-electron chi connectivity index (χ1n) is 11.0. The van der Waals surface area contributed by atoms with E-state index in [0.717, 1.165) is 22.8 Å². The van der Waals surface area contributed by atoms with Crippen molar-refractivity contribution in [3.63, 3.8) is 0 Å². The highest BCUT2D eigenvalue weighted by Crippen LogP contribution is 2.24. The molecule has 35 heavy (non-hydrogen) atoms. The average molecular weight is 476 g/mol. The smallest absolute Gasteiger partial charge is 0.328 e. The molecule has 0 aliphatic carbocycles. The standard InChI is InChI=1S/C27H29N3O5/c1-29(15-16-34-2)27(33)30(24-6-4-5-20(17-24)9-14-26(31)32)19-21-7-10-22(11-8-21)23-12-13-25(35-3)28-18-23/h4-14,17-18H,15-16,19H2,1-3H3,(H,31,32)/b14-9+. The van der Waals surface area contributed by atoms with Crippen molar-refractivity contribution in [3.8, 4) is 17.0 Å². The molecule has 0 unspecified atom stereocenters. The number of nitrogens with zero attached hydrogens (tertiary/aromatic N) is 3. The molecule has 0 atom stereocenters. The Hall–Kier alpha value is -4.17. The summed E-state index contributed by atoms with van der Waals surface area (Å²) in [6, 6.07) is 18.7. The molecule has 8 heteroatoms. The van der Waals surface area contributed by atoms with Crippen LogP contribution in [0.5, 0.6) is 5.88 Å². The maximum Gasteiger partial charge on any atom is 0.328 e. The SMILES string of the molecule is COCCN(C)C(=O)N(Cc1ccc(-c2ccc(OC)nc2)cc1)c1cccc(/C=C/C(=O)O)c1. The van der Waals surface area contributed by atoms with Crippen LogP contribution in [0.15, 0.2) is 72.9 Å². The van der Waals surface area contributed by atoms with Crippen LogP contribution in [-0.4, -0.2) is 61.4 Å². The maximum absolute atomic E-state index is 13.3. The van der Waals surface area contributed by atoms with Crippen LogP contribution in [0.2, 0.25) is 0 Å². The number of anilines is 1. The Kier molecular flexibility index (Phi) is 8.97. The Balaban J connectivity index is 1.87. The zero-order valence-corrected chi connectivity index (χ0v) is 20.0. The minimum Gasteiger partial charge on any atom is -0.481 e. The number of carbonyl (C=O) groups is 2. The van der Waals surface area contributed by atoms with Crippen molar-refractivity contribution < 1.29 is 24.2 Å². The zero-order valence-electron chi connectivity index (χ0n) is 20.0. The molecule has 1 N–H and O–H groups in total. The lowest BCUT2D eigenvalue weighted by molar-refractivity contribution is -0.131. The summed E-state index contributed by atoms with van der Waals surface area (Å²) in [4.78, 5) is 31.8. The Morgan fingerprint density at radius 1 is 1.03 bits per heavy atom. The number of carbonyl (C=O) groups excluding carboxylic acids is 1. The third-order valence-electron chi connectivity index (χ3n) is 5.36. The number of carboxylic acids is 1. The number of rotatable bonds is 10. The lowest BCUT2D eigenvalue weighted by Crippen LogP contribution is -2.42. The highest BCUT2D eigenvalue weighted by molar-refractivity contribution is 5.92. The highest BCUT2D eigenvalue weighted by Gasteiger charge is 2.20. The normalized spacial score (nSPS) is 10.8. The molecule has 0 fully saturated rings. The van der Waals surface area contributed by atoms with Crippen molar-refractivity contribution in [2.75, 3.05) is 39.3 Å². The van der Waals surface area contributed by atoms with Gasteiger partial charge in [-0.15, -0.1) is 0 Å². The second-order valence-electron chi connectivity index (χ2n) is 7.84. The largest absolute Gasteiger partial charge is 0.481 e. The molecular weight excluding hydrogens is 446 g/mol. The number of methoxy groups -OCH3 is 2. The second-order valence-corrected chi connectivity index (χ2v) is 7.84. The van der Waals surface area contributed by atoms with Crippen LogP contribution in [-0.2, 0) is 16.1 Å². The molecule has 0 aliphatic heterocycles. The molecule has 8 nitrogen and oxygen atoms in total. The van der Waals surface area contributed by atoms with E-state index >= 15 is 0 Å². The van der Waals surface area contributed by atoms with E-state index in [4.69, 9.17) is 14.6 Å². The molecular formula is C27H29N3O5. The quantitative estimate of drug-likeness (QED) is 0.432. The molecule has 0 aliphatic rings. The lowest BCUT2D eigenvalue weighted by atomic mass is 10.1. The number of aromatic nitrogens is 1. The van der Waals surface area contributed by atoms with Crippen molar-refractivity contribution in [3.05, 3.63) is 84.1 Å². The number of urea groups is 1. The first-order chi connectivity index (χ1) is 16.9. The van der Waals surface area contributed by atoms with E-state index in [-0.39, 0.29) is 6.03 Å². The summed E-state index contributed by atoms with van der Waals surface area (Å²) in [5.41, 5.74) is 4.25. The topological polar surface area (TPSA) is 92.2 Å². The number of benzene rings is 2. The van der Waals surface area contributed by atoms with Gasteiger partial charge in [0.2, 0.25) is 5.88 Å². The molecule has 0 saturated heterocycles. The van der Waals surface area contributed by atoms with Gasteiger partial charge >= 0.3 is 12.0 Å². The highest BCUT2D eigenvalue weighted by atomic mass is 16.5. The van der Waals surface area contributed by atoms with E-state index in [0.29, 0.717) is 36.8 Å². The second kappa shape index (κ2) is 12.3. The van der Waals surface area contributed by atoms with Crippen molar-refractivity contribution in [1.82, 2.24) is 9.88 Å². The van der Waals surface area contributed by atoms with Crippen molar-refractivity contribution in [1.29, 1.82) is 0 Å². The Morgan fingerprint density at radius 3 is 2.40 bits per heavy atom. The van der Waals surface area contributed by atoms with Crippen LogP contribution in [0, 0.1) is 0 Å². The van der Waals surface area contributed by atoms with Crippen LogP contribution in [0.1, 0.15) is 11.1 Å². The van der Waals surface area contributed by atoms with Gasteiger partial charge in [-0.2, -0.15) is 0 Å². The fourth-order valence-corrected chi connectivity index (χ4v) is 3.42. The minimum atomic E-state index is -1.03. The summed E-state index contributed by atoms with van der Waals surface area (Å²) in [6.45, 7) is 1.19. The molecule has 1 aromatic heterocycles. The van der Waals surface area contributed by atoms with Gasteiger partial charge in [-0.05, 0) is 41.0 Å². The fourth-order valence-electron chi connectivity index (χ4n) is 3.42. The van der Waals surface area contributed by atoms with E-state index in [9.17, 15) is 9.59 Å². The number of aliphatic carboxylic acids is 1. The van der Waals surface area contributed by atoms with Gasteiger partial charge in [0.15, 0.2) is 0 Å². The van der Waals surface area contributed by atoms with E-state index in [2.05, 4.69) is 4.98 Å². The molecule has 182 valence electrons. The summed E-state index contributed by atoms with van der Waals surface area (Å²) >= 11 is 0. The van der Waals surface area contributed by atoms with Crippen LogP contribution in [0.3, 0.4) is 0 Å². The van der Waals surface area contributed by atoms with E-state index in [1.807, 2.05) is 42.5 Å². The molecule has 1 heterocycles. The molecule has 2 aromatic carbocycles. The monoisotopic (exact) mass is 475 g/mol. The number of hydrogen-bond donors (Lipinski definition) is 1. The maximum atomic E-state index is 13.3. The van der Waals surface area contributed by atoms with Crippen LogP contribution in [0.4, 0.5) is 10.5 Å². The summed E-state index contributed by atoms with van der Waals surface area (Å²) in [5.74, 6) is -0.479. The van der Waals surface area contributed by atoms with Crippen molar-refractivity contribution in [2.24, 2.45) is 0 Å². The summed E-state index contributed by atoms with van der Waals surface area (Å²) in [7, 11) is 4.89.